The van der Waals surface area contributed by atoms with Gasteiger partial charge < -0.3 is 33.8 Å². The molecule has 0 rings (SSSR count). The van der Waals surface area contributed by atoms with Crippen molar-refractivity contribution >= 4 is 39.5 Å². The summed E-state index contributed by atoms with van der Waals surface area (Å²) in [5.41, 5.74) is 0. The number of aliphatic hydroxyl groups excluding tert-OH is 1. The van der Waals surface area contributed by atoms with Gasteiger partial charge in [-0.3, -0.25) is 37.3 Å². The Morgan fingerprint density at radius 1 is 0.304 bits per heavy atom. The lowest BCUT2D eigenvalue weighted by Gasteiger charge is -2.21. The molecule has 0 aromatic carbocycles. The first-order valence-corrected chi connectivity index (χ1v) is 45.4. The molecule has 0 aliphatic heterocycles. The molecule has 2 unspecified atom stereocenters. The summed E-state index contributed by atoms with van der Waals surface area (Å²) >= 11 is 0. The van der Waals surface area contributed by atoms with E-state index in [0.717, 1.165) is 115 Å². The second kappa shape index (κ2) is 75.4. The van der Waals surface area contributed by atoms with E-state index >= 15 is 0 Å². The van der Waals surface area contributed by atoms with E-state index in [1.807, 2.05) is 0 Å². The minimum absolute atomic E-state index is 0.102. The summed E-state index contributed by atoms with van der Waals surface area (Å²) in [4.78, 5) is 73.1. The fraction of sp³-hybridized carbons (Fsp3) is 0.904. The van der Waals surface area contributed by atoms with E-state index in [-0.39, 0.29) is 25.7 Å². The van der Waals surface area contributed by atoms with Gasteiger partial charge in [-0.05, 0) is 57.3 Å². The highest BCUT2D eigenvalue weighted by molar-refractivity contribution is 7.47. The first kappa shape index (κ1) is 99.5. The maximum Gasteiger partial charge on any atom is 0.472 e. The summed E-state index contributed by atoms with van der Waals surface area (Å²) in [5.74, 6) is -1.36. The molecule has 0 fully saturated rings. The zero-order valence-electron chi connectivity index (χ0n) is 66.2. The predicted molar refractivity (Wildman–Crippen MR) is 418 cm³/mol. The van der Waals surface area contributed by atoms with E-state index < -0.39 is 97.5 Å². The molecule has 0 aliphatic carbocycles. The van der Waals surface area contributed by atoms with Crippen LogP contribution in [0.15, 0.2) is 24.3 Å². The molecule has 3 N–H and O–H groups in total. The normalized spacial score (nSPS) is 14.0. The topological polar surface area (TPSA) is 237 Å². The first-order chi connectivity index (χ1) is 49.5. The van der Waals surface area contributed by atoms with E-state index in [1.54, 1.807) is 0 Å². The number of ether oxygens (including phenoxy) is 4. The van der Waals surface area contributed by atoms with E-state index in [2.05, 4.69) is 58.9 Å². The molecule has 0 saturated heterocycles. The highest BCUT2D eigenvalue weighted by atomic mass is 31.2. The molecule has 19 heteroatoms. The van der Waals surface area contributed by atoms with E-state index in [0.29, 0.717) is 25.7 Å². The largest absolute Gasteiger partial charge is 0.472 e. The van der Waals surface area contributed by atoms with E-state index in [4.69, 9.17) is 37.0 Å². The number of rotatable bonds is 81. The van der Waals surface area contributed by atoms with Crippen molar-refractivity contribution in [3.05, 3.63) is 24.3 Å². The third kappa shape index (κ3) is 75.8. The van der Waals surface area contributed by atoms with Crippen LogP contribution in [-0.2, 0) is 65.4 Å². The van der Waals surface area contributed by atoms with Gasteiger partial charge in [-0.1, -0.05) is 367 Å². The molecule has 17 nitrogen and oxygen atoms in total. The number of allylic oxidation sites excluding steroid dienone is 4. The summed E-state index contributed by atoms with van der Waals surface area (Å²) in [6, 6.07) is 0. The Balaban J connectivity index is 5.26. The third-order valence-corrected chi connectivity index (χ3v) is 20.8. The van der Waals surface area contributed by atoms with Crippen LogP contribution in [0.4, 0.5) is 0 Å². The number of carbonyl (C=O) groups is 4. The van der Waals surface area contributed by atoms with Gasteiger partial charge in [0.05, 0.1) is 26.4 Å². The minimum atomic E-state index is -4.97. The minimum Gasteiger partial charge on any atom is -0.462 e. The maximum atomic E-state index is 13.1. The molecule has 0 spiro atoms. The van der Waals surface area contributed by atoms with E-state index in [9.17, 15) is 43.2 Å². The van der Waals surface area contributed by atoms with Crippen LogP contribution in [0.3, 0.4) is 0 Å². The summed E-state index contributed by atoms with van der Waals surface area (Å²) in [6.45, 7) is 7.28. The monoisotopic (exact) mass is 1490 g/mol. The second-order valence-electron chi connectivity index (χ2n) is 29.7. The maximum absolute atomic E-state index is 13.1. The van der Waals surface area contributed by atoms with Gasteiger partial charge in [0, 0.05) is 25.7 Å². The highest BCUT2D eigenvalue weighted by Gasteiger charge is 2.30. The van der Waals surface area contributed by atoms with Crippen molar-refractivity contribution in [2.45, 2.75) is 438 Å². The number of hydrogen-bond donors (Lipinski definition) is 3. The number of esters is 4. The molecule has 0 saturated carbocycles. The summed E-state index contributed by atoms with van der Waals surface area (Å²) in [5, 5.41) is 10.6. The fourth-order valence-corrected chi connectivity index (χ4v) is 14.0. The lowest BCUT2D eigenvalue weighted by atomic mass is 10.0. The number of phosphoric acid groups is 2. The Labute approximate surface area is 624 Å². The molecular formula is C83H158O17P2. The van der Waals surface area contributed by atoms with Crippen LogP contribution < -0.4 is 0 Å². The van der Waals surface area contributed by atoms with Gasteiger partial charge in [0.2, 0.25) is 0 Å². The van der Waals surface area contributed by atoms with Crippen LogP contribution in [0.25, 0.3) is 0 Å². The highest BCUT2D eigenvalue weighted by Crippen LogP contribution is 2.45. The zero-order chi connectivity index (χ0) is 74.8. The number of hydrogen-bond acceptors (Lipinski definition) is 15. The fourth-order valence-electron chi connectivity index (χ4n) is 12.4. The van der Waals surface area contributed by atoms with Crippen molar-refractivity contribution in [3.8, 4) is 0 Å². The summed E-state index contributed by atoms with van der Waals surface area (Å²) in [7, 11) is -9.93. The zero-order valence-corrected chi connectivity index (χ0v) is 68.0. The van der Waals surface area contributed by atoms with Gasteiger partial charge in [-0.25, -0.2) is 9.13 Å². The van der Waals surface area contributed by atoms with Crippen LogP contribution >= 0.6 is 15.6 Å². The van der Waals surface area contributed by atoms with Crippen molar-refractivity contribution in [2.75, 3.05) is 39.6 Å². The van der Waals surface area contributed by atoms with Crippen molar-refractivity contribution in [2.24, 2.45) is 5.92 Å². The third-order valence-electron chi connectivity index (χ3n) is 18.9. The molecule has 0 bridgehead atoms. The molecule has 0 amide bonds. The molecular weight excluding hydrogens is 1330 g/mol. The molecule has 0 aromatic rings. The summed E-state index contributed by atoms with van der Waals surface area (Å²) in [6.07, 6.45) is 70.2. The van der Waals surface area contributed by atoms with Crippen molar-refractivity contribution in [1.82, 2.24) is 0 Å². The lowest BCUT2D eigenvalue weighted by molar-refractivity contribution is -0.161. The lowest BCUT2D eigenvalue weighted by Crippen LogP contribution is -2.30. The average molecular weight is 1490 g/mol. The molecule has 5 atom stereocenters. The molecule has 0 radical (unpaired) electrons. The second-order valence-corrected chi connectivity index (χ2v) is 32.6. The predicted octanol–water partition coefficient (Wildman–Crippen LogP) is 24.8. The van der Waals surface area contributed by atoms with Crippen LogP contribution in [0, 0.1) is 5.92 Å². The number of carbonyl (C=O) groups excluding carboxylic acids is 4. The van der Waals surface area contributed by atoms with Crippen molar-refractivity contribution in [3.63, 3.8) is 0 Å². The molecule has 0 aliphatic rings. The van der Waals surface area contributed by atoms with Gasteiger partial charge in [-0.2, -0.15) is 0 Å². The Morgan fingerprint density at radius 3 is 0.804 bits per heavy atom. The van der Waals surface area contributed by atoms with E-state index in [1.165, 1.54) is 225 Å². The first-order valence-electron chi connectivity index (χ1n) is 42.5. The Morgan fingerprint density at radius 2 is 0.529 bits per heavy atom. The Kier molecular flexibility index (Phi) is 73.5. The van der Waals surface area contributed by atoms with Crippen molar-refractivity contribution in [1.29, 1.82) is 0 Å². The van der Waals surface area contributed by atoms with Gasteiger partial charge in [0.1, 0.15) is 19.3 Å². The molecule has 0 aromatic heterocycles. The Hall–Kier alpha value is -2.46. The van der Waals surface area contributed by atoms with Gasteiger partial charge >= 0.3 is 39.5 Å². The quantitative estimate of drug-likeness (QED) is 0.0169. The average Bonchev–Trinajstić information content (AvgIpc) is 0.907. The number of unbranched alkanes of at least 4 members (excludes halogenated alkanes) is 50. The Bertz CT molecular complexity index is 2040. The molecule has 602 valence electrons. The number of aliphatic hydroxyl groups is 1. The van der Waals surface area contributed by atoms with Gasteiger partial charge in [0.15, 0.2) is 12.2 Å². The van der Waals surface area contributed by atoms with Gasteiger partial charge in [-0.15, -0.1) is 0 Å². The van der Waals surface area contributed by atoms with Crippen LogP contribution in [0.2, 0.25) is 0 Å². The molecule has 102 heavy (non-hydrogen) atoms. The van der Waals surface area contributed by atoms with Crippen molar-refractivity contribution < 1.29 is 80.2 Å². The van der Waals surface area contributed by atoms with Crippen LogP contribution in [-0.4, -0.2) is 96.7 Å². The van der Waals surface area contributed by atoms with Crippen LogP contribution in [0.1, 0.15) is 420 Å². The molecule has 0 heterocycles. The summed E-state index contributed by atoms with van der Waals surface area (Å²) < 4.78 is 68.7. The van der Waals surface area contributed by atoms with Crippen LogP contribution in [0.5, 0.6) is 0 Å². The number of phosphoric ester groups is 2. The smallest absolute Gasteiger partial charge is 0.462 e. The SMILES string of the molecule is CCCCCC/C=C\C=C/CCCCCCCC(=O)OC[C@H](COP(=O)(O)OC[C@@H](O)COP(=O)(O)OC[C@@H](COC(=O)CCCCCCCCCCCCC)OC(=O)CCCCCCCCCCCCCCC(C)C)OC(=O)CCCCCCCCCCCCCCCCCCCCCCC. The van der Waals surface area contributed by atoms with Gasteiger partial charge in [0.25, 0.3) is 0 Å². The standard InChI is InChI=1S/C83H158O17P2/c1-6-9-12-15-18-21-24-26-28-29-30-31-32-33-35-37-43-48-53-58-63-68-82(87)99-79(73-94-81(86)67-62-57-52-47-42-36-34-27-25-22-19-16-13-10-7-2)75-98-102(91,92)96-71-77(84)70-95-101(89,90)97-74-78(72-93-80(85)66-61-56-51-46-40-23-20-17-14-11-8-3)100-83(88)69-64-59-54-49-44-39-38-41-45-50-55-60-65-76(4)5/h22,25,27,34,76-79,84H,6-21,23-24,26,28-33,35-75H2,1-5H3,(H,89,90)(H,91,92)/b25-22-,34-27-/t77-,78+,79+/m0/s1.